The topological polar surface area (TPSA) is 72.6 Å². The number of hydrogen-bond acceptors (Lipinski definition) is 6. The summed E-state index contributed by atoms with van der Waals surface area (Å²) in [5, 5.41) is 17.5. The fraction of sp³-hybridized carbons (Fsp3) is 0.394. The Labute approximate surface area is 233 Å². The van der Waals surface area contributed by atoms with E-state index in [1.807, 2.05) is 72.8 Å². The third-order valence-corrected chi connectivity index (χ3v) is 6.07. The van der Waals surface area contributed by atoms with Crippen LogP contribution in [0.5, 0.6) is 11.5 Å². The minimum atomic E-state index is 0.316. The first-order chi connectivity index (χ1) is 19.3. The van der Waals surface area contributed by atoms with Gasteiger partial charge in [-0.15, -0.1) is 0 Å². The first-order valence-electron chi connectivity index (χ1n) is 13.9. The molecule has 39 heavy (non-hydrogen) atoms. The zero-order valence-corrected chi connectivity index (χ0v) is 23.0. The molecule has 0 spiro atoms. The first kappa shape index (κ1) is 29.9. The van der Waals surface area contributed by atoms with Gasteiger partial charge < -0.3 is 19.3 Å². The van der Waals surface area contributed by atoms with Gasteiger partial charge in [-0.25, -0.2) is 0 Å². The molecule has 0 bridgehead atoms. The van der Waals surface area contributed by atoms with Crippen LogP contribution in [0.3, 0.4) is 0 Å². The van der Waals surface area contributed by atoms with Crippen molar-refractivity contribution in [3.8, 4) is 23.3 Å². The molecule has 0 saturated heterocycles. The highest BCUT2D eigenvalue weighted by Gasteiger charge is 1.98. The van der Waals surface area contributed by atoms with Crippen LogP contribution in [-0.2, 0) is 4.74 Å². The van der Waals surface area contributed by atoms with Gasteiger partial charge in [0.25, 0.3) is 0 Å². The molecule has 3 aromatic rings. The maximum Gasteiger partial charge on any atom is 0.119 e. The number of azo groups is 1. The lowest BCUT2D eigenvalue weighted by molar-refractivity contribution is 0.146. The van der Waals surface area contributed by atoms with E-state index in [1.54, 1.807) is 7.11 Å². The van der Waals surface area contributed by atoms with Gasteiger partial charge in [-0.1, -0.05) is 50.4 Å². The van der Waals surface area contributed by atoms with Crippen molar-refractivity contribution in [1.82, 2.24) is 0 Å². The summed E-state index contributed by atoms with van der Waals surface area (Å²) in [6.45, 7) is 2.14. The molecule has 6 nitrogen and oxygen atoms in total. The largest absolute Gasteiger partial charge is 0.494 e. The number of hydrogen-bond donors (Lipinski definition) is 1. The number of benzene rings is 3. The van der Waals surface area contributed by atoms with Crippen LogP contribution in [0.1, 0.15) is 62.5 Å². The van der Waals surface area contributed by atoms with E-state index in [2.05, 4.69) is 22.1 Å². The van der Waals surface area contributed by atoms with Crippen LogP contribution in [0.25, 0.3) is 0 Å². The molecule has 0 radical (unpaired) electrons. The van der Waals surface area contributed by atoms with Gasteiger partial charge in [-0.05, 0) is 85.6 Å². The summed E-state index contributed by atoms with van der Waals surface area (Å²) in [7, 11) is 1.65. The zero-order valence-electron chi connectivity index (χ0n) is 23.0. The van der Waals surface area contributed by atoms with Crippen molar-refractivity contribution in [2.24, 2.45) is 10.2 Å². The monoisotopic (exact) mass is 528 g/mol. The summed E-state index contributed by atoms with van der Waals surface area (Å²) >= 11 is 0. The van der Waals surface area contributed by atoms with E-state index >= 15 is 0 Å². The van der Waals surface area contributed by atoms with Gasteiger partial charge >= 0.3 is 0 Å². The second kappa shape index (κ2) is 18.6. The SMILES string of the molecule is COCCOc1ccc(C#Cc2ccc(N=Nc3ccc(OCCCCCCCCCCO)cc3)cc2)cc1. The number of unbranched alkanes of at least 4 members (excludes halogenated alkanes) is 7. The highest BCUT2D eigenvalue weighted by molar-refractivity contribution is 5.48. The van der Waals surface area contributed by atoms with Crippen molar-refractivity contribution in [2.45, 2.75) is 51.4 Å². The van der Waals surface area contributed by atoms with Crippen molar-refractivity contribution in [1.29, 1.82) is 0 Å². The highest BCUT2D eigenvalue weighted by atomic mass is 16.5. The van der Waals surface area contributed by atoms with Crippen LogP contribution in [0.15, 0.2) is 83.0 Å². The van der Waals surface area contributed by atoms with Gasteiger partial charge in [-0.3, -0.25) is 0 Å². The molecule has 0 heterocycles. The maximum absolute atomic E-state index is 8.79. The van der Waals surface area contributed by atoms with E-state index in [0.29, 0.717) is 19.8 Å². The molecule has 206 valence electrons. The van der Waals surface area contributed by atoms with E-state index in [1.165, 1.54) is 32.1 Å². The molecule has 0 fully saturated rings. The van der Waals surface area contributed by atoms with Crippen LogP contribution in [-0.4, -0.2) is 38.6 Å². The molecule has 0 amide bonds. The molecular formula is C33H40N2O4. The Morgan fingerprint density at radius 1 is 0.538 bits per heavy atom. The Morgan fingerprint density at radius 3 is 1.51 bits per heavy atom. The number of rotatable bonds is 17. The van der Waals surface area contributed by atoms with Gasteiger partial charge in [-0.2, -0.15) is 10.2 Å². The molecule has 0 aliphatic carbocycles. The lowest BCUT2D eigenvalue weighted by Crippen LogP contribution is -2.03. The normalized spacial score (nSPS) is 10.8. The van der Waals surface area contributed by atoms with Crippen molar-refractivity contribution in [3.05, 3.63) is 83.9 Å². The number of aliphatic hydroxyl groups is 1. The smallest absolute Gasteiger partial charge is 0.119 e. The second-order valence-electron chi connectivity index (χ2n) is 9.26. The fourth-order valence-corrected chi connectivity index (χ4v) is 3.82. The van der Waals surface area contributed by atoms with Crippen LogP contribution < -0.4 is 9.47 Å². The molecule has 0 aliphatic heterocycles. The molecule has 0 aliphatic rings. The van der Waals surface area contributed by atoms with Gasteiger partial charge in [0.2, 0.25) is 0 Å². The van der Waals surface area contributed by atoms with Gasteiger partial charge in [0.05, 0.1) is 24.6 Å². The summed E-state index contributed by atoms with van der Waals surface area (Å²) in [5.74, 6) is 8.01. The highest BCUT2D eigenvalue weighted by Crippen LogP contribution is 2.22. The molecule has 6 heteroatoms. The van der Waals surface area contributed by atoms with Crippen molar-refractivity contribution < 1.29 is 19.3 Å². The number of methoxy groups -OCH3 is 1. The average molecular weight is 529 g/mol. The summed E-state index contributed by atoms with van der Waals surface area (Å²) in [6, 6.07) is 23.1. The third-order valence-electron chi connectivity index (χ3n) is 6.07. The minimum Gasteiger partial charge on any atom is -0.494 e. The minimum absolute atomic E-state index is 0.316. The Kier molecular flexibility index (Phi) is 14.2. The summed E-state index contributed by atoms with van der Waals surface area (Å²) in [4.78, 5) is 0. The quantitative estimate of drug-likeness (QED) is 0.109. The van der Waals surface area contributed by atoms with Crippen LogP contribution in [0.4, 0.5) is 11.4 Å². The zero-order chi connectivity index (χ0) is 27.4. The lowest BCUT2D eigenvalue weighted by atomic mass is 10.1. The molecule has 0 unspecified atom stereocenters. The van der Waals surface area contributed by atoms with Crippen LogP contribution in [0, 0.1) is 11.8 Å². The lowest BCUT2D eigenvalue weighted by Gasteiger charge is -2.06. The van der Waals surface area contributed by atoms with E-state index in [0.717, 1.165) is 59.9 Å². The fourth-order valence-electron chi connectivity index (χ4n) is 3.82. The number of ether oxygens (including phenoxy) is 3. The summed E-state index contributed by atoms with van der Waals surface area (Å²) in [5.41, 5.74) is 3.38. The van der Waals surface area contributed by atoms with Gasteiger partial charge in [0.15, 0.2) is 0 Å². The average Bonchev–Trinajstić information content (AvgIpc) is 2.98. The second-order valence-corrected chi connectivity index (χ2v) is 9.26. The predicted octanol–water partition coefficient (Wildman–Crippen LogP) is 8.02. The van der Waals surface area contributed by atoms with Crippen molar-refractivity contribution in [2.75, 3.05) is 33.5 Å². The number of nitrogens with zero attached hydrogens (tertiary/aromatic N) is 2. The van der Waals surface area contributed by atoms with Crippen LogP contribution >= 0.6 is 0 Å². The van der Waals surface area contributed by atoms with E-state index in [9.17, 15) is 0 Å². The summed E-state index contributed by atoms with van der Waals surface area (Å²) < 4.78 is 16.4. The molecule has 0 aromatic heterocycles. The Balaban J connectivity index is 1.36. The van der Waals surface area contributed by atoms with Crippen molar-refractivity contribution in [3.63, 3.8) is 0 Å². The maximum atomic E-state index is 8.79. The van der Waals surface area contributed by atoms with Gasteiger partial charge in [0.1, 0.15) is 18.1 Å². The first-order valence-corrected chi connectivity index (χ1v) is 13.9. The van der Waals surface area contributed by atoms with Gasteiger partial charge in [0, 0.05) is 24.8 Å². The molecule has 1 N–H and O–H groups in total. The molecule has 0 atom stereocenters. The Hall–Kier alpha value is -3.66. The molecular weight excluding hydrogens is 488 g/mol. The molecule has 3 rings (SSSR count). The van der Waals surface area contributed by atoms with E-state index in [4.69, 9.17) is 19.3 Å². The molecule has 3 aromatic carbocycles. The molecule has 0 saturated carbocycles. The standard InChI is InChI=1S/C33H40N2O4/c1-37-26-27-39-32-20-14-29(15-21-32)11-10-28-12-16-30(17-13-28)34-35-31-18-22-33(23-19-31)38-25-9-7-5-3-2-4-6-8-24-36/h12-23,36H,2-9,24-27H2,1H3. The number of aliphatic hydroxyl groups excluding tert-OH is 1. The van der Waals surface area contributed by atoms with Crippen LogP contribution in [0.2, 0.25) is 0 Å². The van der Waals surface area contributed by atoms with E-state index in [-0.39, 0.29) is 0 Å². The Morgan fingerprint density at radius 2 is 0.974 bits per heavy atom. The van der Waals surface area contributed by atoms with Crippen molar-refractivity contribution >= 4 is 11.4 Å². The predicted molar refractivity (Wildman–Crippen MR) is 156 cm³/mol. The van der Waals surface area contributed by atoms with E-state index < -0.39 is 0 Å². The summed E-state index contributed by atoms with van der Waals surface area (Å²) in [6.07, 6.45) is 9.32. The Bertz CT molecular complexity index is 1150. The third kappa shape index (κ3) is 12.6.